The van der Waals surface area contributed by atoms with Crippen molar-refractivity contribution in [1.29, 1.82) is 0 Å². The molecule has 8 rings (SSSR count). The van der Waals surface area contributed by atoms with Crippen molar-refractivity contribution in [3.63, 3.8) is 0 Å². The average molecular weight is 487 g/mol. The van der Waals surface area contributed by atoms with Crippen molar-refractivity contribution in [2.75, 3.05) is 0 Å². The van der Waals surface area contributed by atoms with Crippen LogP contribution in [-0.4, -0.2) is 9.55 Å². The van der Waals surface area contributed by atoms with Gasteiger partial charge in [0.2, 0.25) is 0 Å². The van der Waals surface area contributed by atoms with Crippen LogP contribution in [0.2, 0.25) is 0 Å². The van der Waals surface area contributed by atoms with Gasteiger partial charge in [-0.1, -0.05) is 97.1 Å². The van der Waals surface area contributed by atoms with E-state index in [0.29, 0.717) is 0 Å². The molecule has 0 atom stereocenters. The van der Waals surface area contributed by atoms with Gasteiger partial charge >= 0.3 is 0 Å². The summed E-state index contributed by atoms with van der Waals surface area (Å²) in [6.07, 6.45) is 6.75. The Morgan fingerprint density at radius 2 is 1.24 bits per heavy atom. The molecule has 0 saturated carbocycles. The molecule has 0 unspecified atom stereocenters. The van der Waals surface area contributed by atoms with Gasteiger partial charge in [0.15, 0.2) is 0 Å². The molecule has 2 heteroatoms. The molecule has 0 bridgehead atoms. The molecule has 38 heavy (non-hydrogen) atoms. The van der Waals surface area contributed by atoms with Crippen molar-refractivity contribution in [3.8, 4) is 27.9 Å². The molecule has 0 aliphatic heterocycles. The third-order valence-corrected chi connectivity index (χ3v) is 8.01. The van der Waals surface area contributed by atoms with E-state index in [-0.39, 0.29) is 0 Å². The molecule has 2 heterocycles. The Hall–Kier alpha value is -4.82. The van der Waals surface area contributed by atoms with Crippen LogP contribution in [0.5, 0.6) is 0 Å². The maximum atomic E-state index is 3.61. The molecule has 1 N–H and O–H groups in total. The number of hydrogen-bond acceptors (Lipinski definition) is 0. The lowest BCUT2D eigenvalue weighted by atomic mass is 9.99. The Morgan fingerprint density at radius 3 is 2.11 bits per heavy atom. The summed E-state index contributed by atoms with van der Waals surface area (Å²) in [5.41, 5.74) is 12.6. The highest BCUT2D eigenvalue weighted by Crippen LogP contribution is 2.37. The van der Waals surface area contributed by atoms with Crippen LogP contribution in [0, 0.1) is 0 Å². The minimum absolute atomic E-state index is 1.05. The van der Waals surface area contributed by atoms with E-state index in [0.717, 1.165) is 12.8 Å². The van der Waals surface area contributed by atoms with Crippen LogP contribution in [0.25, 0.3) is 66.7 Å². The van der Waals surface area contributed by atoms with E-state index in [9.17, 15) is 0 Å². The maximum absolute atomic E-state index is 3.61. The molecule has 0 radical (unpaired) electrons. The third kappa shape index (κ3) is 3.27. The van der Waals surface area contributed by atoms with Gasteiger partial charge < -0.3 is 9.55 Å². The van der Waals surface area contributed by atoms with Crippen LogP contribution >= 0.6 is 0 Å². The summed E-state index contributed by atoms with van der Waals surface area (Å²) in [4.78, 5) is 3.61. The predicted molar refractivity (Wildman–Crippen MR) is 161 cm³/mol. The van der Waals surface area contributed by atoms with E-state index in [1.54, 1.807) is 0 Å². The molecule has 1 aliphatic rings. The van der Waals surface area contributed by atoms with E-state index in [2.05, 4.69) is 137 Å². The number of fused-ring (bicyclic) bond motifs is 6. The molecule has 1 aliphatic carbocycles. The Kier molecular flexibility index (Phi) is 4.68. The second-order valence-electron chi connectivity index (χ2n) is 10.2. The first-order chi connectivity index (χ1) is 18.8. The smallest absolute Gasteiger partial charge is 0.0543 e. The zero-order valence-electron chi connectivity index (χ0n) is 21.0. The number of nitrogens with one attached hydrogen (secondary N) is 1. The minimum atomic E-state index is 1.05. The Labute approximate surface area is 221 Å². The summed E-state index contributed by atoms with van der Waals surface area (Å²) in [7, 11) is 0. The summed E-state index contributed by atoms with van der Waals surface area (Å²) in [6.45, 7) is 0. The van der Waals surface area contributed by atoms with Crippen LogP contribution in [-0.2, 0) is 6.42 Å². The van der Waals surface area contributed by atoms with Crippen molar-refractivity contribution in [3.05, 3.63) is 133 Å². The van der Waals surface area contributed by atoms with Crippen molar-refractivity contribution in [2.24, 2.45) is 0 Å². The maximum Gasteiger partial charge on any atom is 0.0543 e. The highest BCUT2D eigenvalue weighted by molar-refractivity contribution is 6.08. The number of nitrogens with zero attached hydrogens (tertiary/aromatic N) is 1. The molecule has 5 aromatic carbocycles. The van der Waals surface area contributed by atoms with Crippen molar-refractivity contribution < 1.29 is 0 Å². The van der Waals surface area contributed by atoms with Crippen LogP contribution in [0.4, 0.5) is 0 Å². The SMILES string of the molecule is C1=Cc2c(n(-c3ccc(-c4ccccc4)cc3)c3cc(-c4ccc5c(c4)[nH]c4ccccc45)ccc23)CC1. The lowest BCUT2D eigenvalue weighted by molar-refractivity contribution is 0.889. The van der Waals surface area contributed by atoms with E-state index in [1.807, 2.05) is 0 Å². The van der Waals surface area contributed by atoms with Gasteiger partial charge in [-0.25, -0.2) is 0 Å². The molecule has 180 valence electrons. The highest BCUT2D eigenvalue weighted by Gasteiger charge is 2.19. The minimum Gasteiger partial charge on any atom is -0.354 e. The van der Waals surface area contributed by atoms with Crippen molar-refractivity contribution >= 4 is 38.8 Å². The molecule has 0 saturated heterocycles. The average Bonchev–Trinajstić information content (AvgIpc) is 3.52. The Balaban J connectivity index is 1.29. The van der Waals surface area contributed by atoms with Gasteiger partial charge in [-0.2, -0.15) is 0 Å². The van der Waals surface area contributed by atoms with E-state index in [1.165, 1.54) is 71.9 Å². The predicted octanol–water partition coefficient (Wildman–Crippen LogP) is 9.56. The van der Waals surface area contributed by atoms with Gasteiger partial charge in [0, 0.05) is 44.1 Å². The number of para-hydroxylation sites is 1. The highest BCUT2D eigenvalue weighted by atomic mass is 15.0. The monoisotopic (exact) mass is 486 g/mol. The summed E-state index contributed by atoms with van der Waals surface area (Å²) in [5, 5.41) is 3.86. The first-order valence-electron chi connectivity index (χ1n) is 13.3. The van der Waals surface area contributed by atoms with Crippen LogP contribution < -0.4 is 0 Å². The van der Waals surface area contributed by atoms with Gasteiger partial charge in [0.1, 0.15) is 0 Å². The molecule has 0 fully saturated rings. The van der Waals surface area contributed by atoms with Gasteiger partial charge in [0.25, 0.3) is 0 Å². The number of rotatable bonds is 3. The first-order valence-corrected chi connectivity index (χ1v) is 13.3. The van der Waals surface area contributed by atoms with E-state index >= 15 is 0 Å². The van der Waals surface area contributed by atoms with Gasteiger partial charge in [-0.05, 0) is 65.4 Å². The molecule has 0 spiro atoms. The molecular formula is C36H26N2. The standard InChI is InChI=1S/C36H26N2/c1-2-8-24(9-3-1)25-14-18-28(19-15-25)38-35-13-7-5-11-31(35)32-21-17-27(23-36(32)38)26-16-20-30-29-10-4-6-12-33(29)37-34(30)22-26/h1-6,8-12,14-23,37H,7,13H2. The molecule has 2 aromatic heterocycles. The first kappa shape index (κ1) is 21.3. The topological polar surface area (TPSA) is 20.7 Å². The number of aromatic nitrogens is 2. The largest absolute Gasteiger partial charge is 0.354 e. The number of aromatic amines is 1. The fourth-order valence-corrected chi connectivity index (χ4v) is 6.16. The second kappa shape index (κ2) is 8.36. The lowest BCUT2D eigenvalue weighted by Crippen LogP contribution is -2.02. The van der Waals surface area contributed by atoms with Crippen LogP contribution in [0.15, 0.2) is 121 Å². The summed E-state index contributed by atoms with van der Waals surface area (Å²) < 4.78 is 2.48. The molecule has 7 aromatic rings. The quantitative estimate of drug-likeness (QED) is 0.257. The van der Waals surface area contributed by atoms with Crippen molar-refractivity contribution in [1.82, 2.24) is 9.55 Å². The van der Waals surface area contributed by atoms with E-state index in [4.69, 9.17) is 0 Å². The lowest BCUT2D eigenvalue weighted by Gasteiger charge is -2.14. The normalized spacial score (nSPS) is 12.9. The van der Waals surface area contributed by atoms with Crippen molar-refractivity contribution in [2.45, 2.75) is 12.8 Å². The molecule has 2 nitrogen and oxygen atoms in total. The summed E-state index contributed by atoms with van der Waals surface area (Å²) in [6, 6.07) is 41.9. The third-order valence-electron chi connectivity index (χ3n) is 8.01. The van der Waals surface area contributed by atoms with Crippen LogP contribution in [0.1, 0.15) is 17.7 Å². The fourth-order valence-electron chi connectivity index (χ4n) is 6.16. The number of benzene rings is 5. The van der Waals surface area contributed by atoms with E-state index < -0.39 is 0 Å². The number of allylic oxidation sites excluding steroid dienone is 1. The zero-order valence-corrected chi connectivity index (χ0v) is 21.0. The second-order valence-corrected chi connectivity index (χ2v) is 10.2. The van der Waals surface area contributed by atoms with Gasteiger partial charge in [-0.3, -0.25) is 0 Å². The Morgan fingerprint density at radius 1 is 0.553 bits per heavy atom. The molecule has 0 amide bonds. The van der Waals surface area contributed by atoms with Gasteiger partial charge in [0.05, 0.1) is 5.52 Å². The summed E-state index contributed by atoms with van der Waals surface area (Å²) in [5.74, 6) is 0. The summed E-state index contributed by atoms with van der Waals surface area (Å²) >= 11 is 0. The number of hydrogen-bond donors (Lipinski definition) is 1. The molecular weight excluding hydrogens is 460 g/mol. The number of H-pyrrole nitrogens is 1. The zero-order chi connectivity index (χ0) is 25.1. The van der Waals surface area contributed by atoms with Crippen LogP contribution in [0.3, 0.4) is 0 Å². The Bertz CT molecular complexity index is 2000. The fraction of sp³-hybridized carbons (Fsp3) is 0.0556. The van der Waals surface area contributed by atoms with Gasteiger partial charge in [-0.15, -0.1) is 0 Å².